The first kappa shape index (κ1) is 16.7. The molecule has 2 aromatic heterocycles. The minimum Gasteiger partial charge on any atom is -0.497 e. The van der Waals surface area contributed by atoms with Gasteiger partial charge in [0, 0.05) is 18.2 Å². The molecule has 0 spiro atoms. The van der Waals surface area contributed by atoms with Crippen LogP contribution in [0.2, 0.25) is 0 Å². The van der Waals surface area contributed by atoms with E-state index >= 15 is 0 Å². The highest BCUT2D eigenvalue weighted by Crippen LogP contribution is 2.29. The number of carbonyl (C=O) groups excluding carboxylic acids is 1. The first-order valence-electron chi connectivity index (χ1n) is 8.51. The number of H-pyrrole nitrogens is 1. The monoisotopic (exact) mass is 369 g/mol. The fraction of sp³-hybridized carbons (Fsp3) is 0.333. The molecule has 0 aliphatic carbocycles. The minimum atomic E-state index is -0.159. The van der Waals surface area contributed by atoms with Gasteiger partial charge in [-0.15, -0.1) is 10.2 Å². The third-order valence-corrected chi connectivity index (χ3v) is 5.56. The normalized spacial score (nSPS) is 16.7. The van der Waals surface area contributed by atoms with Gasteiger partial charge in [-0.1, -0.05) is 30.4 Å². The molecule has 8 heteroatoms. The Morgan fingerprint density at radius 3 is 3.00 bits per heavy atom. The van der Waals surface area contributed by atoms with E-state index < -0.39 is 0 Å². The van der Waals surface area contributed by atoms with Gasteiger partial charge in [-0.05, 0) is 30.5 Å². The molecule has 26 heavy (non-hydrogen) atoms. The van der Waals surface area contributed by atoms with Crippen LogP contribution < -0.4 is 10.1 Å². The van der Waals surface area contributed by atoms with E-state index in [2.05, 4.69) is 31.5 Å². The number of ether oxygens (including phenoxy) is 1. The highest BCUT2D eigenvalue weighted by Gasteiger charge is 2.27. The van der Waals surface area contributed by atoms with Crippen molar-refractivity contribution in [3.8, 4) is 16.6 Å². The molecule has 0 unspecified atom stereocenters. The van der Waals surface area contributed by atoms with E-state index in [0.717, 1.165) is 28.4 Å². The lowest BCUT2D eigenvalue weighted by atomic mass is 9.94. The number of aryl methyl sites for hydroxylation is 1. The summed E-state index contributed by atoms with van der Waals surface area (Å²) in [6.07, 6.45) is 1.52. The predicted molar refractivity (Wildman–Crippen MR) is 98.6 cm³/mol. The van der Waals surface area contributed by atoms with Gasteiger partial charge in [0.2, 0.25) is 0 Å². The maximum absolute atomic E-state index is 12.5. The Morgan fingerprint density at radius 2 is 2.23 bits per heavy atom. The van der Waals surface area contributed by atoms with Crippen LogP contribution in [0.1, 0.15) is 39.6 Å². The van der Waals surface area contributed by atoms with E-state index in [0.29, 0.717) is 29.5 Å². The van der Waals surface area contributed by atoms with Crippen molar-refractivity contribution in [1.29, 1.82) is 0 Å². The minimum absolute atomic E-state index is 0.143. The molecule has 0 fully saturated rings. The average Bonchev–Trinajstić information content (AvgIpc) is 3.28. The quantitative estimate of drug-likeness (QED) is 0.737. The van der Waals surface area contributed by atoms with Crippen molar-refractivity contribution in [3.05, 3.63) is 46.2 Å². The number of imidazole rings is 1. The van der Waals surface area contributed by atoms with Crippen molar-refractivity contribution in [2.75, 3.05) is 13.7 Å². The zero-order valence-electron chi connectivity index (χ0n) is 14.6. The van der Waals surface area contributed by atoms with Gasteiger partial charge in [0.25, 0.3) is 5.91 Å². The van der Waals surface area contributed by atoms with Gasteiger partial charge in [0.05, 0.1) is 7.11 Å². The van der Waals surface area contributed by atoms with Crippen LogP contribution in [0.15, 0.2) is 24.3 Å². The molecular formula is C18H19N5O2S. The molecule has 1 aliphatic rings. The van der Waals surface area contributed by atoms with Crippen molar-refractivity contribution in [3.63, 3.8) is 0 Å². The fourth-order valence-corrected chi connectivity index (χ4v) is 3.81. The number of amides is 1. The number of fused-ring (bicyclic) bond motifs is 1. The van der Waals surface area contributed by atoms with Crippen LogP contribution >= 0.6 is 11.3 Å². The van der Waals surface area contributed by atoms with Crippen LogP contribution in [-0.4, -0.2) is 39.7 Å². The van der Waals surface area contributed by atoms with Crippen LogP contribution in [0, 0.1) is 0 Å². The second kappa shape index (κ2) is 6.87. The number of hydrogen-bond donors (Lipinski definition) is 2. The lowest BCUT2D eigenvalue weighted by Gasteiger charge is -2.15. The first-order valence-corrected chi connectivity index (χ1v) is 9.33. The number of aromatic amines is 1. The van der Waals surface area contributed by atoms with Gasteiger partial charge in [0.1, 0.15) is 16.5 Å². The third kappa shape index (κ3) is 3.08. The molecule has 134 valence electrons. The molecule has 1 aromatic carbocycles. The first-order chi connectivity index (χ1) is 12.7. The number of benzene rings is 1. The average molecular weight is 369 g/mol. The SMILES string of the molecule is CCc1nnc(-c2nc3c([nH]2)C[C@@H](c2cccc(OC)c2)CNC3=O)s1. The van der Waals surface area contributed by atoms with E-state index in [-0.39, 0.29) is 11.8 Å². The molecule has 1 amide bonds. The summed E-state index contributed by atoms with van der Waals surface area (Å²) in [5.74, 6) is 1.40. The summed E-state index contributed by atoms with van der Waals surface area (Å²) in [7, 11) is 1.65. The molecule has 4 rings (SSSR count). The second-order valence-corrected chi connectivity index (χ2v) is 7.22. The topological polar surface area (TPSA) is 92.8 Å². The standard InChI is InChI=1S/C18H19N5O2S/c1-3-14-22-23-18(26-14)16-20-13-8-11(9-19-17(24)15(13)21-16)10-5-4-6-12(7-10)25-2/h4-7,11H,3,8-9H2,1-2H3,(H,19,24)(H,20,21)/t11-/m1/s1. The Bertz CT molecular complexity index is 949. The molecule has 0 bridgehead atoms. The van der Waals surface area contributed by atoms with Gasteiger partial charge < -0.3 is 15.0 Å². The summed E-state index contributed by atoms with van der Waals surface area (Å²) in [6.45, 7) is 2.60. The molecule has 7 nitrogen and oxygen atoms in total. The highest BCUT2D eigenvalue weighted by molar-refractivity contribution is 7.14. The Hall–Kier alpha value is -2.74. The number of methoxy groups -OCH3 is 1. The summed E-state index contributed by atoms with van der Waals surface area (Å²) in [5.41, 5.74) is 2.40. The molecule has 0 saturated heterocycles. The molecular weight excluding hydrogens is 350 g/mol. The van der Waals surface area contributed by atoms with Crippen molar-refractivity contribution in [1.82, 2.24) is 25.5 Å². The maximum Gasteiger partial charge on any atom is 0.271 e. The Morgan fingerprint density at radius 1 is 1.35 bits per heavy atom. The van der Waals surface area contributed by atoms with Gasteiger partial charge >= 0.3 is 0 Å². The molecule has 1 aliphatic heterocycles. The van der Waals surface area contributed by atoms with E-state index in [1.807, 2.05) is 25.1 Å². The number of aromatic nitrogens is 4. The Balaban J connectivity index is 1.67. The molecule has 3 aromatic rings. The molecule has 0 saturated carbocycles. The van der Waals surface area contributed by atoms with E-state index in [4.69, 9.17) is 4.74 Å². The van der Waals surface area contributed by atoms with E-state index in [1.165, 1.54) is 11.3 Å². The van der Waals surface area contributed by atoms with E-state index in [1.54, 1.807) is 7.11 Å². The van der Waals surface area contributed by atoms with Gasteiger partial charge in [0.15, 0.2) is 10.8 Å². The zero-order chi connectivity index (χ0) is 18.1. The van der Waals surface area contributed by atoms with Crippen LogP contribution in [0.3, 0.4) is 0 Å². The van der Waals surface area contributed by atoms with Crippen LogP contribution in [0.4, 0.5) is 0 Å². The van der Waals surface area contributed by atoms with Crippen molar-refractivity contribution >= 4 is 17.2 Å². The molecule has 1 atom stereocenters. The third-order valence-electron chi connectivity index (χ3n) is 4.49. The molecule has 0 radical (unpaired) electrons. The smallest absolute Gasteiger partial charge is 0.271 e. The number of hydrogen-bond acceptors (Lipinski definition) is 6. The number of rotatable bonds is 4. The van der Waals surface area contributed by atoms with Gasteiger partial charge in [-0.3, -0.25) is 4.79 Å². The Labute approximate surface area is 154 Å². The van der Waals surface area contributed by atoms with Gasteiger partial charge in [-0.2, -0.15) is 0 Å². The maximum atomic E-state index is 12.5. The summed E-state index contributed by atoms with van der Waals surface area (Å²) in [4.78, 5) is 20.2. The molecule has 3 heterocycles. The summed E-state index contributed by atoms with van der Waals surface area (Å²) >= 11 is 1.49. The predicted octanol–water partition coefficient (Wildman–Crippen LogP) is 2.57. The number of nitrogens with one attached hydrogen (secondary N) is 2. The Kier molecular flexibility index (Phi) is 4.42. The lowest BCUT2D eigenvalue weighted by molar-refractivity contribution is 0.0950. The summed E-state index contributed by atoms with van der Waals surface area (Å²) < 4.78 is 5.32. The summed E-state index contributed by atoms with van der Waals surface area (Å²) in [5, 5.41) is 12.9. The van der Waals surface area contributed by atoms with Crippen molar-refractivity contribution < 1.29 is 9.53 Å². The second-order valence-electron chi connectivity index (χ2n) is 6.15. The number of nitrogens with zero attached hydrogens (tertiary/aromatic N) is 3. The number of carbonyl (C=O) groups is 1. The molecule has 2 N–H and O–H groups in total. The van der Waals surface area contributed by atoms with Gasteiger partial charge in [-0.25, -0.2) is 4.98 Å². The zero-order valence-corrected chi connectivity index (χ0v) is 15.4. The van der Waals surface area contributed by atoms with Crippen molar-refractivity contribution in [2.45, 2.75) is 25.7 Å². The van der Waals surface area contributed by atoms with Crippen LogP contribution in [-0.2, 0) is 12.8 Å². The highest BCUT2D eigenvalue weighted by atomic mass is 32.1. The summed E-state index contributed by atoms with van der Waals surface area (Å²) in [6, 6.07) is 7.95. The van der Waals surface area contributed by atoms with Crippen LogP contribution in [0.5, 0.6) is 5.75 Å². The largest absolute Gasteiger partial charge is 0.497 e. The fourth-order valence-electron chi connectivity index (χ4n) is 3.09. The van der Waals surface area contributed by atoms with Crippen LogP contribution in [0.25, 0.3) is 10.8 Å². The van der Waals surface area contributed by atoms with Crippen molar-refractivity contribution in [2.24, 2.45) is 0 Å². The van der Waals surface area contributed by atoms with E-state index in [9.17, 15) is 4.79 Å². The lowest BCUT2D eigenvalue weighted by Crippen LogP contribution is -2.26.